The molecule has 0 saturated carbocycles. The normalized spacial score (nSPS) is 10.7. The summed E-state index contributed by atoms with van der Waals surface area (Å²) in [6.07, 6.45) is 57.8. The minimum absolute atomic E-state index is 0. The molecule has 12 N–H and O–H groups in total. The van der Waals surface area contributed by atoms with Gasteiger partial charge in [0.1, 0.15) is 0 Å². The number of unbranched alkanes of at least 4 members (excludes halogenated alkanes) is 31. The van der Waals surface area contributed by atoms with Crippen molar-refractivity contribution in [3.8, 4) is 0 Å². The van der Waals surface area contributed by atoms with Crippen molar-refractivity contribution in [3.63, 3.8) is 0 Å². The Labute approximate surface area is 381 Å². The monoisotopic (exact) mass is 870 g/mol. The van der Waals surface area contributed by atoms with Crippen LogP contribution in [0.4, 0.5) is 0 Å². The molecule has 0 heterocycles. The van der Waals surface area contributed by atoms with Crippen molar-refractivity contribution in [2.45, 2.75) is 265 Å². The first-order valence-electron chi connectivity index (χ1n) is 25.8. The lowest BCUT2D eigenvalue weighted by Crippen LogP contribution is -2.10. The number of nitrogens with two attached hydrogens (primary N) is 4. The van der Waals surface area contributed by atoms with E-state index in [2.05, 4.69) is 45.1 Å². The second-order valence-electron chi connectivity index (χ2n) is 16.7. The minimum atomic E-state index is -0.164. The van der Waals surface area contributed by atoms with Crippen molar-refractivity contribution in [3.05, 3.63) is 24.3 Å². The van der Waals surface area contributed by atoms with E-state index >= 15 is 0 Å². The van der Waals surface area contributed by atoms with Crippen molar-refractivity contribution in [2.75, 3.05) is 32.9 Å². The van der Waals surface area contributed by atoms with Crippen LogP contribution in [0.15, 0.2) is 24.3 Å². The van der Waals surface area contributed by atoms with Crippen molar-refractivity contribution >= 4 is 11.8 Å². The van der Waals surface area contributed by atoms with E-state index < -0.39 is 0 Å². The number of ether oxygens (including phenoxy) is 1. The number of aliphatic hydroxyl groups is 1. The smallest absolute Gasteiger partial charge is 0.217 e. The quantitative estimate of drug-likeness (QED) is 0.0258. The predicted octanol–water partition coefficient (Wildman–Crippen LogP) is 14.0. The van der Waals surface area contributed by atoms with E-state index in [1.54, 1.807) is 0 Å². The summed E-state index contributed by atoms with van der Waals surface area (Å²) in [6.45, 7) is 9.22. The molecule has 61 heavy (non-hydrogen) atoms. The first-order valence-corrected chi connectivity index (χ1v) is 25.8. The molecular weight excluding hydrogens is 759 g/mol. The third kappa shape index (κ3) is 86.1. The van der Waals surface area contributed by atoms with Gasteiger partial charge in [0.05, 0.1) is 19.8 Å². The third-order valence-corrected chi connectivity index (χ3v) is 10.4. The highest BCUT2D eigenvalue weighted by Crippen LogP contribution is 2.12. The van der Waals surface area contributed by atoms with E-state index in [1.165, 1.54) is 205 Å². The number of carbonyl (C=O) groups excluding carboxylic acids is 2. The fraction of sp³-hybridized carbons (Fsp3) is 0.885. The lowest BCUT2D eigenvalue weighted by molar-refractivity contribution is -0.119. The second-order valence-corrected chi connectivity index (χ2v) is 16.7. The van der Waals surface area contributed by atoms with Gasteiger partial charge >= 0.3 is 0 Å². The highest BCUT2D eigenvalue weighted by molar-refractivity contribution is 5.73. The summed E-state index contributed by atoms with van der Waals surface area (Å²) in [5.41, 5.74) is 20.7. The molecular formula is C52H111N5O4. The maximum absolute atomic E-state index is 10.5. The Hall–Kier alpha value is -1.78. The van der Waals surface area contributed by atoms with Crippen LogP contribution in [0.25, 0.3) is 0 Å². The standard InChI is InChI=1S/2C18H35NO.C12H27N.C4H11NO2.H3N/c2*1-2-3-4-5-6-7-8-9-10-11-12-13-14-15-16-17-18(19)20;1-2-3-4-5-6-7-8-9-10-11-12-13;5-1-3-7-4-2-6;/h2*9-10H,2-8,11-17H2,1H3,(H2,19,20);2-13H2,1H3;6H,1-5H2;1H3/b2*10-9-;;;. The summed E-state index contributed by atoms with van der Waals surface area (Å²) in [5.74, 6) is -0.328. The van der Waals surface area contributed by atoms with Gasteiger partial charge < -0.3 is 38.9 Å². The zero-order valence-electron chi connectivity index (χ0n) is 41.4. The summed E-state index contributed by atoms with van der Waals surface area (Å²) in [7, 11) is 0. The van der Waals surface area contributed by atoms with Crippen LogP contribution in [0.3, 0.4) is 0 Å². The van der Waals surface area contributed by atoms with Crippen molar-refractivity contribution in [1.82, 2.24) is 6.15 Å². The lowest BCUT2D eigenvalue weighted by atomic mass is 10.1. The molecule has 9 nitrogen and oxygen atoms in total. The molecule has 0 saturated heterocycles. The number of primary amides is 2. The van der Waals surface area contributed by atoms with Crippen LogP contribution < -0.4 is 29.1 Å². The molecule has 0 aromatic rings. The molecule has 368 valence electrons. The van der Waals surface area contributed by atoms with Gasteiger partial charge in [-0.25, -0.2) is 0 Å². The first kappa shape index (κ1) is 68.3. The molecule has 0 aliphatic carbocycles. The first-order chi connectivity index (χ1) is 29.4. The molecule has 0 atom stereocenters. The van der Waals surface area contributed by atoms with Gasteiger partial charge in [-0.1, -0.05) is 206 Å². The summed E-state index contributed by atoms with van der Waals surface area (Å²) < 4.78 is 4.76. The van der Waals surface area contributed by atoms with E-state index in [0.717, 1.165) is 32.2 Å². The summed E-state index contributed by atoms with van der Waals surface area (Å²) in [6, 6.07) is 0. The average Bonchev–Trinajstić information content (AvgIpc) is 3.24. The molecule has 0 aromatic heterocycles. The van der Waals surface area contributed by atoms with Crippen molar-refractivity contribution < 1.29 is 19.4 Å². The van der Waals surface area contributed by atoms with E-state index in [-0.39, 0.29) is 24.6 Å². The molecule has 0 bridgehead atoms. The van der Waals surface area contributed by atoms with Crippen LogP contribution in [0.5, 0.6) is 0 Å². The number of carbonyl (C=O) groups is 2. The van der Waals surface area contributed by atoms with Crippen molar-refractivity contribution in [1.29, 1.82) is 0 Å². The Balaban J connectivity index is -0.000000240. The molecule has 2 amide bonds. The second kappa shape index (κ2) is 69.9. The van der Waals surface area contributed by atoms with Gasteiger partial charge in [-0.2, -0.15) is 0 Å². The van der Waals surface area contributed by atoms with Crippen LogP contribution in [0.1, 0.15) is 265 Å². The van der Waals surface area contributed by atoms with Gasteiger partial charge in [0.2, 0.25) is 11.8 Å². The van der Waals surface area contributed by atoms with E-state index in [4.69, 9.17) is 32.8 Å². The van der Waals surface area contributed by atoms with Crippen LogP contribution in [0, 0.1) is 0 Å². The highest BCUT2D eigenvalue weighted by atomic mass is 16.5. The van der Waals surface area contributed by atoms with Gasteiger partial charge in [0.25, 0.3) is 0 Å². The number of aliphatic hydroxyl groups excluding tert-OH is 1. The molecule has 0 aliphatic rings. The molecule has 0 rings (SSSR count). The Kier molecular flexibility index (Phi) is 78.2. The summed E-state index contributed by atoms with van der Waals surface area (Å²) >= 11 is 0. The van der Waals surface area contributed by atoms with Crippen LogP contribution >= 0.6 is 0 Å². The number of allylic oxidation sites excluding steroid dienone is 4. The van der Waals surface area contributed by atoms with E-state index in [0.29, 0.717) is 32.6 Å². The number of rotatable bonds is 44. The van der Waals surface area contributed by atoms with Gasteiger partial charge in [0, 0.05) is 19.4 Å². The van der Waals surface area contributed by atoms with Crippen molar-refractivity contribution in [2.24, 2.45) is 22.9 Å². The minimum Gasteiger partial charge on any atom is -0.394 e. The van der Waals surface area contributed by atoms with E-state index in [1.807, 2.05) is 0 Å². The number of hydrogen-bond acceptors (Lipinski definition) is 7. The molecule has 0 radical (unpaired) electrons. The van der Waals surface area contributed by atoms with Gasteiger partial charge in [-0.15, -0.1) is 0 Å². The Bertz CT molecular complexity index is 764. The van der Waals surface area contributed by atoms with Gasteiger partial charge in [0.15, 0.2) is 0 Å². The van der Waals surface area contributed by atoms with Crippen LogP contribution in [0.2, 0.25) is 0 Å². The van der Waals surface area contributed by atoms with Crippen LogP contribution in [-0.4, -0.2) is 49.8 Å². The molecule has 9 heteroatoms. The zero-order valence-corrected chi connectivity index (χ0v) is 41.4. The van der Waals surface area contributed by atoms with Gasteiger partial charge in [-0.3, -0.25) is 9.59 Å². The Morgan fingerprint density at radius 2 is 0.656 bits per heavy atom. The Morgan fingerprint density at radius 3 is 0.902 bits per heavy atom. The van der Waals surface area contributed by atoms with Gasteiger partial charge in [-0.05, 0) is 77.2 Å². The lowest BCUT2D eigenvalue weighted by Gasteiger charge is -2.00. The molecule has 0 aliphatic heterocycles. The largest absolute Gasteiger partial charge is 0.394 e. The molecule has 0 aromatic carbocycles. The summed E-state index contributed by atoms with van der Waals surface area (Å²) in [5, 5.41) is 8.13. The van der Waals surface area contributed by atoms with Crippen LogP contribution in [-0.2, 0) is 14.3 Å². The highest BCUT2D eigenvalue weighted by Gasteiger charge is 1.96. The number of hydrogen-bond donors (Lipinski definition) is 6. The summed E-state index contributed by atoms with van der Waals surface area (Å²) in [4.78, 5) is 21.1. The molecule has 0 fully saturated rings. The number of amides is 2. The predicted molar refractivity (Wildman–Crippen MR) is 270 cm³/mol. The SMILES string of the molecule is CCCCCCCC/C=C\CCCCCCCC(N)=O.CCCCCCCC/C=C\CCCCCCCC(N)=O.CCCCCCCCCCCCN.N.NCCOCCO. The third-order valence-electron chi connectivity index (χ3n) is 10.4. The average molecular weight is 870 g/mol. The maximum Gasteiger partial charge on any atom is 0.217 e. The maximum atomic E-state index is 10.5. The van der Waals surface area contributed by atoms with E-state index in [9.17, 15) is 9.59 Å². The fourth-order valence-electron chi connectivity index (χ4n) is 6.62. The Morgan fingerprint density at radius 1 is 0.393 bits per heavy atom. The zero-order chi connectivity index (χ0) is 45.1. The molecule has 0 unspecified atom stereocenters. The topological polar surface area (TPSA) is 203 Å². The fourth-order valence-corrected chi connectivity index (χ4v) is 6.62. The molecule has 0 spiro atoms.